The van der Waals surface area contributed by atoms with Gasteiger partial charge in [-0.1, -0.05) is 6.08 Å². The van der Waals surface area contributed by atoms with E-state index in [0.717, 1.165) is 11.3 Å². The molecule has 0 aliphatic carbocycles. The molecule has 0 bridgehead atoms. The van der Waals surface area contributed by atoms with E-state index in [1.54, 1.807) is 35.4 Å². The van der Waals surface area contributed by atoms with E-state index in [0.29, 0.717) is 12.2 Å². The molecular weight excluding hydrogens is 240 g/mol. The van der Waals surface area contributed by atoms with Crippen molar-refractivity contribution in [2.45, 2.75) is 20.4 Å². The maximum absolute atomic E-state index is 12.0. The van der Waals surface area contributed by atoms with E-state index in [-0.39, 0.29) is 5.78 Å². The molecule has 0 atom stereocenters. The van der Waals surface area contributed by atoms with Gasteiger partial charge in [-0.2, -0.15) is 5.10 Å². The van der Waals surface area contributed by atoms with Gasteiger partial charge in [-0.25, -0.2) is 0 Å². The highest BCUT2D eigenvalue weighted by molar-refractivity contribution is 6.03. The predicted molar refractivity (Wildman–Crippen MR) is 73.7 cm³/mol. The van der Waals surface area contributed by atoms with E-state index in [1.807, 2.05) is 32.1 Å². The first-order valence-corrected chi connectivity index (χ1v) is 6.16. The lowest BCUT2D eigenvalue weighted by Gasteiger charge is -1.99. The number of furan rings is 1. The van der Waals surface area contributed by atoms with Crippen LogP contribution in [0.4, 0.5) is 0 Å². The SMILES string of the molecule is CCn1nccc1C(=O)/C=C/C(C)=C/c1ccco1. The molecule has 0 saturated heterocycles. The highest BCUT2D eigenvalue weighted by Gasteiger charge is 2.07. The molecule has 4 heteroatoms. The Morgan fingerprint density at radius 3 is 2.95 bits per heavy atom. The standard InChI is InChI=1S/C15H16N2O2/c1-3-17-14(8-9-16-17)15(18)7-6-12(2)11-13-5-4-10-19-13/h4-11H,3H2,1-2H3/b7-6+,12-11+. The maximum Gasteiger partial charge on any atom is 0.203 e. The summed E-state index contributed by atoms with van der Waals surface area (Å²) in [5, 5.41) is 4.08. The van der Waals surface area contributed by atoms with Crippen LogP contribution in [-0.2, 0) is 6.54 Å². The number of aryl methyl sites for hydroxylation is 1. The predicted octanol–water partition coefficient (Wildman–Crippen LogP) is 3.34. The second-order valence-corrected chi connectivity index (χ2v) is 4.13. The normalized spacial score (nSPS) is 12.2. The van der Waals surface area contributed by atoms with Crippen LogP contribution in [0.25, 0.3) is 6.08 Å². The van der Waals surface area contributed by atoms with Gasteiger partial charge in [0, 0.05) is 12.7 Å². The number of nitrogens with zero attached hydrogens (tertiary/aromatic N) is 2. The van der Waals surface area contributed by atoms with Gasteiger partial charge in [-0.15, -0.1) is 0 Å². The van der Waals surface area contributed by atoms with Crippen molar-refractivity contribution in [2.24, 2.45) is 0 Å². The van der Waals surface area contributed by atoms with Crippen molar-refractivity contribution in [1.29, 1.82) is 0 Å². The smallest absolute Gasteiger partial charge is 0.203 e. The Hall–Kier alpha value is -2.36. The summed E-state index contributed by atoms with van der Waals surface area (Å²) in [6.45, 7) is 4.56. The molecule has 0 radical (unpaired) electrons. The fourth-order valence-electron chi connectivity index (χ4n) is 1.73. The topological polar surface area (TPSA) is 48.0 Å². The van der Waals surface area contributed by atoms with Gasteiger partial charge in [-0.05, 0) is 49.8 Å². The monoisotopic (exact) mass is 256 g/mol. The molecule has 0 N–H and O–H groups in total. The van der Waals surface area contributed by atoms with Gasteiger partial charge >= 0.3 is 0 Å². The summed E-state index contributed by atoms with van der Waals surface area (Å²) in [7, 11) is 0. The number of hydrogen-bond donors (Lipinski definition) is 0. The van der Waals surface area contributed by atoms with Crippen LogP contribution in [0.1, 0.15) is 30.1 Å². The minimum absolute atomic E-state index is 0.0495. The molecule has 0 amide bonds. The lowest BCUT2D eigenvalue weighted by molar-refractivity contribution is 0.103. The van der Waals surface area contributed by atoms with Crippen molar-refractivity contribution in [3.63, 3.8) is 0 Å². The molecule has 4 nitrogen and oxygen atoms in total. The van der Waals surface area contributed by atoms with Crippen LogP contribution in [0.3, 0.4) is 0 Å². The zero-order valence-corrected chi connectivity index (χ0v) is 11.0. The van der Waals surface area contributed by atoms with Gasteiger partial charge in [0.25, 0.3) is 0 Å². The average Bonchev–Trinajstić information content (AvgIpc) is 3.06. The number of aromatic nitrogens is 2. The number of carbonyl (C=O) groups is 1. The molecule has 0 fully saturated rings. The highest BCUT2D eigenvalue weighted by atomic mass is 16.3. The molecule has 0 aliphatic heterocycles. The summed E-state index contributed by atoms with van der Waals surface area (Å²) in [6, 6.07) is 5.42. The van der Waals surface area contributed by atoms with Gasteiger partial charge in [-0.3, -0.25) is 9.48 Å². The first-order chi connectivity index (χ1) is 9.20. The van der Waals surface area contributed by atoms with Crippen LogP contribution in [0.5, 0.6) is 0 Å². The molecule has 2 aromatic heterocycles. The van der Waals surface area contributed by atoms with Crippen molar-refractivity contribution in [3.05, 3.63) is 59.8 Å². The van der Waals surface area contributed by atoms with E-state index < -0.39 is 0 Å². The maximum atomic E-state index is 12.0. The van der Waals surface area contributed by atoms with Gasteiger partial charge in [0.15, 0.2) is 0 Å². The van der Waals surface area contributed by atoms with E-state index in [1.165, 1.54) is 0 Å². The van der Waals surface area contributed by atoms with Crippen LogP contribution >= 0.6 is 0 Å². The van der Waals surface area contributed by atoms with E-state index in [9.17, 15) is 4.79 Å². The molecule has 0 unspecified atom stereocenters. The number of ketones is 1. The number of carbonyl (C=O) groups excluding carboxylic acids is 1. The first kappa shape index (κ1) is 13.1. The van der Waals surface area contributed by atoms with E-state index in [4.69, 9.17) is 4.42 Å². The summed E-state index contributed by atoms with van der Waals surface area (Å²) in [4.78, 5) is 12.0. The number of rotatable bonds is 5. The highest BCUT2D eigenvalue weighted by Crippen LogP contribution is 2.09. The van der Waals surface area contributed by atoms with Crippen molar-refractivity contribution in [1.82, 2.24) is 9.78 Å². The Bertz CT molecular complexity index is 604. The molecule has 19 heavy (non-hydrogen) atoms. The van der Waals surface area contributed by atoms with Gasteiger partial charge in [0.05, 0.1) is 6.26 Å². The van der Waals surface area contributed by atoms with Crippen LogP contribution in [0, 0.1) is 0 Å². The Morgan fingerprint density at radius 1 is 1.42 bits per heavy atom. The number of hydrogen-bond acceptors (Lipinski definition) is 3. The number of allylic oxidation sites excluding steroid dienone is 3. The van der Waals surface area contributed by atoms with Crippen molar-refractivity contribution < 1.29 is 9.21 Å². The lowest BCUT2D eigenvalue weighted by Crippen LogP contribution is -2.07. The van der Waals surface area contributed by atoms with Gasteiger partial charge in [0.2, 0.25) is 5.78 Å². The fraction of sp³-hybridized carbons (Fsp3) is 0.200. The third-order valence-corrected chi connectivity index (χ3v) is 2.68. The summed E-state index contributed by atoms with van der Waals surface area (Å²) in [5.41, 5.74) is 1.55. The van der Waals surface area contributed by atoms with E-state index in [2.05, 4.69) is 5.10 Å². The van der Waals surface area contributed by atoms with Crippen molar-refractivity contribution in [3.8, 4) is 0 Å². The quantitative estimate of drug-likeness (QED) is 0.468. The minimum atomic E-state index is -0.0495. The van der Waals surface area contributed by atoms with Crippen LogP contribution in [0.15, 0.2) is 52.8 Å². The van der Waals surface area contributed by atoms with Gasteiger partial charge in [0.1, 0.15) is 11.5 Å². The zero-order valence-electron chi connectivity index (χ0n) is 11.0. The molecule has 0 saturated carbocycles. The Balaban J connectivity index is 2.08. The molecule has 0 aliphatic rings. The van der Waals surface area contributed by atoms with Crippen LogP contribution < -0.4 is 0 Å². The van der Waals surface area contributed by atoms with Crippen LogP contribution in [-0.4, -0.2) is 15.6 Å². The Labute approximate surface area is 112 Å². The Kier molecular flexibility index (Phi) is 4.13. The minimum Gasteiger partial charge on any atom is -0.465 e. The third-order valence-electron chi connectivity index (χ3n) is 2.68. The van der Waals surface area contributed by atoms with Crippen LogP contribution in [0.2, 0.25) is 0 Å². The molecule has 98 valence electrons. The lowest BCUT2D eigenvalue weighted by atomic mass is 10.2. The summed E-state index contributed by atoms with van der Waals surface area (Å²) in [6.07, 6.45) is 8.46. The second kappa shape index (κ2) is 6.00. The van der Waals surface area contributed by atoms with Crippen molar-refractivity contribution >= 4 is 11.9 Å². The molecule has 2 heterocycles. The molecule has 0 aromatic carbocycles. The Morgan fingerprint density at radius 2 is 2.26 bits per heavy atom. The van der Waals surface area contributed by atoms with Gasteiger partial charge < -0.3 is 4.42 Å². The summed E-state index contributed by atoms with van der Waals surface area (Å²) >= 11 is 0. The first-order valence-electron chi connectivity index (χ1n) is 6.16. The second-order valence-electron chi connectivity index (χ2n) is 4.13. The van der Waals surface area contributed by atoms with Crippen molar-refractivity contribution in [2.75, 3.05) is 0 Å². The molecule has 2 aromatic rings. The third kappa shape index (κ3) is 3.31. The largest absolute Gasteiger partial charge is 0.465 e. The summed E-state index contributed by atoms with van der Waals surface area (Å²) < 4.78 is 6.89. The molecular formula is C15H16N2O2. The summed E-state index contributed by atoms with van der Waals surface area (Å²) in [5.74, 6) is 0.722. The average molecular weight is 256 g/mol. The molecule has 0 spiro atoms. The molecule has 2 rings (SSSR count). The fourth-order valence-corrected chi connectivity index (χ4v) is 1.73. The van der Waals surface area contributed by atoms with E-state index >= 15 is 0 Å². The zero-order chi connectivity index (χ0) is 13.7.